The lowest BCUT2D eigenvalue weighted by molar-refractivity contribution is -0.358. The Bertz CT molecular complexity index is 1600. The largest absolute Gasteiger partial charge is 0.507 e. The first kappa shape index (κ1) is 33.3. The third kappa shape index (κ3) is 6.45. The molecule has 10 unspecified atom stereocenters. The number of phenolic OH excluding ortho intramolecular Hbond substituents is 3. The van der Waals surface area contributed by atoms with Gasteiger partial charge in [0.1, 0.15) is 72.0 Å². The molecule has 2 saturated heterocycles. The van der Waals surface area contributed by atoms with Crippen molar-refractivity contribution in [2.45, 2.75) is 68.3 Å². The van der Waals surface area contributed by atoms with Crippen LogP contribution in [-0.4, -0.2) is 127 Å². The highest BCUT2D eigenvalue weighted by molar-refractivity contribution is 5.91. The van der Waals surface area contributed by atoms with Crippen molar-refractivity contribution in [3.63, 3.8) is 0 Å². The van der Waals surface area contributed by atoms with E-state index in [-0.39, 0.29) is 22.5 Å². The van der Waals surface area contributed by atoms with E-state index in [1.165, 1.54) is 24.3 Å². The lowest BCUT2D eigenvalue weighted by atomic mass is 9.97. The monoisotopic (exact) mass is 652 g/mol. The Kier molecular flexibility index (Phi) is 9.68. The van der Waals surface area contributed by atoms with Crippen LogP contribution in [0.1, 0.15) is 6.92 Å². The summed E-state index contributed by atoms with van der Waals surface area (Å²) in [7, 11) is 0. The lowest BCUT2D eigenvalue weighted by Gasteiger charge is -2.45. The molecule has 9 N–H and O–H groups in total. The molecule has 0 radical (unpaired) electrons. The van der Waals surface area contributed by atoms with Crippen LogP contribution in [0, 0.1) is 0 Å². The Labute approximate surface area is 258 Å². The Morgan fingerprint density at radius 1 is 0.826 bits per heavy atom. The molecule has 10 atom stereocenters. The Balaban J connectivity index is 1.41. The van der Waals surface area contributed by atoms with E-state index in [9.17, 15) is 55.5 Å². The van der Waals surface area contributed by atoms with Crippen LogP contribution >= 0.6 is 0 Å². The van der Waals surface area contributed by atoms with Crippen molar-refractivity contribution in [2.75, 3.05) is 13.2 Å². The first-order valence-corrected chi connectivity index (χ1v) is 13.9. The summed E-state index contributed by atoms with van der Waals surface area (Å²) in [5, 5.41) is 91.5. The van der Waals surface area contributed by atoms with Crippen LogP contribution in [0.5, 0.6) is 23.0 Å². The molecule has 0 saturated carbocycles. The number of carbonyl (C=O) groups is 1. The van der Waals surface area contributed by atoms with Crippen molar-refractivity contribution < 1.29 is 78.9 Å². The van der Waals surface area contributed by atoms with Crippen molar-refractivity contribution in [1.82, 2.24) is 0 Å². The fourth-order valence-electron chi connectivity index (χ4n) is 5.08. The topological polar surface area (TPSA) is 275 Å². The average molecular weight is 653 g/mol. The van der Waals surface area contributed by atoms with Crippen molar-refractivity contribution in [3.05, 3.63) is 46.6 Å². The fourth-order valence-corrected chi connectivity index (χ4v) is 5.08. The van der Waals surface area contributed by atoms with Gasteiger partial charge in [-0.3, -0.25) is 9.59 Å². The molecular formula is C29H32O17. The Morgan fingerprint density at radius 2 is 1.48 bits per heavy atom. The molecule has 0 spiro atoms. The number of carbonyl (C=O) groups excluding carboxylic acids is 1. The molecule has 0 aliphatic carbocycles. The first-order chi connectivity index (χ1) is 21.8. The number of hydrogen-bond acceptors (Lipinski definition) is 17. The van der Waals surface area contributed by atoms with Gasteiger partial charge in [0.15, 0.2) is 29.2 Å². The Morgan fingerprint density at radius 3 is 2.13 bits per heavy atom. The van der Waals surface area contributed by atoms with Gasteiger partial charge in [-0.15, -0.1) is 0 Å². The van der Waals surface area contributed by atoms with Gasteiger partial charge in [-0.2, -0.15) is 0 Å². The van der Waals surface area contributed by atoms with Gasteiger partial charge in [0.25, 0.3) is 0 Å². The number of hydrogen-bond donors (Lipinski definition) is 9. The summed E-state index contributed by atoms with van der Waals surface area (Å²) in [5.41, 5.74) is -0.870. The van der Waals surface area contributed by atoms with Crippen LogP contribution in [0.15, 0.2) is 45.6 Å². The zero-order valence-corrected chi connectivity index (χ0v) is 23.9. The average Bonchev–Trinajstić information content (AvgIpc) is 3.02. The minimum absolute atomic E-state index is 0.0536. The number of ether oxygens (including phenoxy) is 5. The van der Waals surface area contributed by atoms with Gasteiger partial charge >= 0.3 is 5.97 Å². The number of esters is 1. The summed E-state index contributed by atoms with van der Waals surface area (Å²) in [4.78, 5) is 24.0. The minimum atomic E-state index is -1.86. The maximum atomic E-state index is 12.7. The smallest absolute Gasteiger partial charge is 0.302 e. The number of aliphatic hydroxyl groups is 6. The third-order valence-corrected chi connectivity index (χ3v) is 7.56. The van der Waals surface area contributed by atoms with Gasteiger partial charge in [-0.25, -0.2) is 0 Å². The molecule has 0 bridgehead atoms. The predicted octanol–water partition coefficient (Wildman–Crippen LogP) is -1.85. The quantitative estimate of drug-likeness (QED) is 0.0734. The molecule has 17 heteroatoms. The second-order valence-electron chi connectivity index (χ2n) is 10.7. The van der Waals surface area contributed by atoms with Crippen LogP contribution in [0.3, 0.4) is 0 Å². The summed E-state index contributed by atoms with van der Waals surface area (Å²) in [5.74, 6) is -2.75. The zero-order chi connectivity index (χ0) is 33.4. The number of phenols is 3. The first-order valence-electron chi connectivity index (χ1n) is 13.9. The van der Waals surface area contributed by atoms with Crippen LogP contribution in [0.25, 0.3) is 22.3 Å². The molecule has 17 nitrogen and oxygen atoms in total. The fraction of sp³-hybridized carbons (Fsp3) is 0.448. The molecular weight excluding hydrogens is 620 g/mol. The van der Waals surface area contributed by atoms with E-state index in [2.05, 4.69) is 0 Å². The summed E-state index contributed by atoms with van der Waals surface area (Å²) in [6, 6.07) is 7.47. The number of rotatable bonds is 8. The Hall–Kier alpha value is -4.04. The number of fused-ring (bicyclic) bond motifs is 1. The van der Waals surface area contributed by atoms with Gasteiger partial charge in [0.05, 0.1) is 6.61 Å². The van der Waals surface area contributed by atoms with E-state index >= 15 is 0 Å². The van der Waals surface area contributed by atoms with Crippen LogP contribution in [-0.2, 0) is 23.7 Å². The molecule has 3 heterocycles. The summed E-state index contributed by atoms with van der Waals surface area (Å²) in [6.07, 6.45) is -16.5. The second kappa shape index (κ2) is 13.4. The van der Waals surface area contributed by atoms with E-state index in [1.54, 1.807) is 0 Å². The molecule has 250 valence electrons. The highest BCUT2D eigenvalue weighted by atomic mass is 16.8. The van der Waals surface area contributed by atoms with Gasteiger partial charge in [0.2, 0.25) is 12.0 Å². The predicted molar refractivity (Wildman–Crippen MR) is 149 cm³/mol. The molecule has 1 aromatic heterocycles. The van der Waals surface area contributed by atoms with Crippen LogP contribution in [0.2, 0.25) is 0 Å². The van der Waals surface area contributed by atoms with Crippen LogP contribution < -0.4 is 10.2 Å². The van der Waals surface area contributed by atoms with Crippen molar-refractivity contribution in [3.8, 4) is 34.3 Å². The van der Waals surface area contributed by atoms with E-state index in [1.807, 2.05) is 0 Å². The maximum absolute atomic E-state index is 12.7. The zero-order valence-electron chi connectivity index (χ0n) is 23.9. The number of aliphatic hydroxyl groups excluding tert-OH is 6. The minimum Gasteiger partial charge on any atom is -0.507 e. The standard InChI is InChI=1S/C29H32O17/c1-10(31)41-9-18-22(37)24(39)27(46-28-25(40)23(38)21(36)17(8-30)44-28)29(45-18)42-12-4-2-11(3-5-12)16-7-14(33)19-13(32)6-15(34)20(35)26(19)43-16/h2-7,17-18,21-25,27-30,32,34-40H,8-9H2,1H3. The van der Waals surface area contributed by atoms with Gasteiger partial charge in [0, 0.05) is 24.6 Å². The van der Waals surface area contributed by atoms with E-state index in [4.69, 9.17) is 28.1 Å². The summed E-state index contributed by atoms with van der Waals surface area (Å²) >= 11 is 0. The summed E-state index contributed by atoms with van der Waals surface area (Å²) in [6.45, 7) is -0.123. The number of benzene rings is 2. The summed E-state index contributed by atoms with van der Waals surface area (Å²) < 4.78 is 33.2. The molecule has 3 aromatic rings. The van der Waals surface area contributed by atoms with Crippen molar-refractivity contribution in [1.29, 1.82) is 0 Å². The molecule has 2 aromatic carbocycles. The molecule has 2 fully saturated rings. The van der Waals surface area contributed by atoms with Crippen molar-refractivity contribution >= 4 is 16.9 Å². The highest BCUT2D eigenvalue weighted by Crippen LogP contribution is 2.39. The maximum Gasteiger partial charge on any atom is 0.302 e. The molecule has 2 aliphatic heterocycles. The highest BCUT2D eigenvalue weighted by Gasteiger charge is 2.51. The van der Waals surface area contributed by atoms with E-state index < -0.39 is 109 Å². The second-order valence-corrected chi connectivity index (χ2v) is 10.7. The molecule has 46 heavy (non-hydrogen) atoms. The van der Waals surface area contributed by atoms with Gasteiger partial charge < -0.3 is 74.1 Å². The molecule has 5 rings (SSSR count). The third-order valence-electron chi connectivity index (χ3n) is 7.56. The van der Waals surface area contributed by atoms with Gasteiger partial charge in [-0.1, -0.05) is 0 Å². The van der Waals surface area contributed by atoms with Crippen LogP contribution in [0.4, 0.5) is 0 Å². The van der Waals surface area contributed by atoms with E-state index in [0.717, 1.165) is 19.1 Å². The lowest BCUT2D eigenvalue weighted by Crippen LogP contribution is -2.65. The SMILES string of the molecule is CC(=O)OCC1OC(Oc2ccc(-c3cc(=O)c4c(O)cc(O)c(O)c4o3)cc2)C(OC2OC(CO)C(O)C(O)C2O)C(O)C1O. The normalized spacial score (nSPS) is 31.5. The van der Waals surface area contributed by atoms with Gasteiger partial charge in [-0.05, 0) is 24.3 Å². The number of aromatic hydroxyl groups is 3. The van der Waals surface area contributed by atoms with Crippen molar-refractivity contribution in [2.24, 2.45) is 0 Å². The molecule has 2 aliphatic rings. The molecule has 0 amide bonds. The van der Waals surface area contributed by atoms with E-state index in [0.29, 0.717) is 0 Å².